The van der Waals surface area contributed by atoms with Gasteiger partial charge in [0, 0.05) is 37.4 Å². The Kier molecular flexibility index (Phi) is 4.38. The topological polar surface area (TPSA) is 106 Å². The molecule has 0 spiro atoms. The minimum atomic E-state index is -3.79. The normalized spacial score (nSPS) is 18.0. The van der Waals surface area contributed by atoms with Crippen LogP contribution in [0.15, 0.2) is 4.90 Å². The Balaban J connectivity index is 2.26. The van der Waals surface area contributed by atoms with Gasteiger partial charge in [0.1, 0.15) is 10.6 Å². The number of aromatic carboxylic acids is 1. The van der Waals surface area contributed by atoms with E-state index >= 15 is 0 Å². The number of H-pyrrole nitrogens is 1. The predicted molar refractivity (Wildman–Crippen MR) is 76.6 cm³/mol. The molecule has 0 atom stereocenters. The van der Waals surface area contributed by atoms with Crippen LogP contribution in [0.25, 0.3) is 0 Å². The van der Waals surface area contributed by atoms with E-state index in [0.717, 1.165) is 13.1 Å². The van der Waals surface area contributed by atoms with Crippen molar-refractivity contribution in [1.82, 2.24) is 19.7 Å². The van der Waals surface area contributed by atoms with E-state index in [4.69, 9.17) is 5.11 Å². The number of aromatic amines is 1. The van der Waals surface area contributed by atoms with Gasteiger partial charge in [-0.3, -0.25) is 0 Å². The van der Waals surface area contributed by atoms with Crippen molar-refractivity contribution in [1.29, 1.82) is 0 Å². The van der Waals surface area contributed by atoms with E-state index in [2.05, 4.69) is 14.7 Å². The van der Waals surface area contributed by atoms with Crippen molar-refractivity contribution in [2.75, 3.05) is 33.2 Å². The maximum absolute atomic E-state index is 12.5. The number of likely N-dealkylation sites (N-methyl/N-ethyl adjacent to an activating group) is 1. The number of aryl methyl sites for hydroxylation is 1. The van der Waals surface area contributed by atoms with Crippen molar-refractivity contribution >= 4 is 16.0 Å². The first-order valence-electron chi connectivity index (χ1n) is 6.61. The summed E-state index contributed by atoms with van der Waals surface area (Å²) < 4.78 is 25.0. The van der Waals surface area contributed by atoms with Gasteiger partial charge in [0.15, 0.2) is 0 Å². The molecule has 1 aromatic heterocycles. The van der Waals surface area contributed by atoms with Crippen LogP contribution in [-0.2, 0) is 10.0 Å². The molecule has 0 aliphatic carbocycles. The lowest BCUT2D eigenvalue weighted by molar-refractivity contribution is 0.0690. The Labute approximate surface area is 123 Å². The molecule has 0 saturated carbocycles. The van der Waals surface area contributed by atoms with Crippen LogP contribution in [0, 0.1) is 13.8 Å². The van der Waals surface area contributed by atoms with Crippen molar-refractivity contribution in [2.45, 2.75) is 18.7 Å². The lowest BCUT2D eigenvalue weighted by atomic mass is 10.2. The molecule has 1 aromatic rings. The van der Waals surface area contributed by atoms with Crippen LogP contribution in [0.1, 0.15) is 21.7 Å². The molecule has 1 fully saturated rings. The SMILES string of the molecule is Cc1[nH]c(C(=O)O)c(C)c1S(=O)(=O)NN1CCN(C)CC1. The molecule has 0 aromatic carbocycles. The fraction of sp³-hybridized carbons (Fsp3) is 0.583. The summed E-state index contributed by atoms with van der Waals surface area (Å²) in [4.78, 5) is 18.4. The first-order chi connectivity index (χ1) is 9.72. The number of carbonyl (C=O) groups is 1. The second-order valence-electron chi connectivity index (χ2n) is 5.27. The lowest BCUT2D eigenvalue weighted by Crippen LogP contribution is -2.52. The predicted octanol–water partition coefficient (Wildman–Crippen LogP) is -0.230. The number of hydrogen-bond acceptors (Lipinski definition) is 5. The first kappa shape index (κ1) is 16.0. The molecule has 0 unspecified atom stereocenters. The van der Waals surface area contributed by atoms with Gasteiger partial charge in [0.2, 0.25) is 0 Å². The van der Waals surface area contributed by atoms with Gasteiger partial charge in [0.05, 0.1) is 0 Å². The summed E-state index contributed by atoms with van der Waals surface area (Å²) in [6.45, 7) is 5.76. The molecule has 1 aliphatic rings. The average molecular weight is 316 g/mol. The van der Waals surface area contributed by atoms with E-state index in [1.807, 2.05) is 7.05 Å². The Hall–Kier alpha value is -1.42. The smallest absolute Gasteiger partial charge is 0.352 e. The standard InChI is InChI=1S/C12H20N4O4S/c1-8-10(12(17)18)13-9(2)11(8)21(19,20)14-16-6-4-15(3)5-7-16/h13-14H,4-7H2,1-3H3,(H,17,18). The zero-order valence-corrected chi connectivity index (χ0v) is 13.1. The van der Waals surface area contributed by atoms with Crippen molar-refractivity contribution in [3.8, 4) is 0 Å². The van der Waals surface area contributed by atoms with E-state index in [-0.39, 0.29) is 16.2 Å². The third-order valence-electron chi connectivity index (χ3n) is 3.60. The molecular formula is C12H20N4O4S. The number of carboxylic acids is 1. The fourth-order valence-corrected chi connectivity index (χ4v) is 4.04. The molecule has 2 rings (SSSR count). The minimum absolute atomic E-state index is 0.0128. The van der Waals surface area contributed by atoms with Crippen LogP contribution >= 0.6 is 0 Å². The lowest BCUT2D eigenvalue weighted by Gasteiger charge is -2.32. The zero-order valence-electron chi connectivity index (χ0n) is 12.3. The largest absolute Gasteiger partial charge is 0.477 e. The van der Waals surface area contributed by atoms with Crippen molar-refractivity contribution in [3.05, 3.63) is 17.0 Å². The number of carboxylic acid groups (broad SMARTS) is 1. The Morgan fingerprint density at radius 3 is 2.29 bits per heavy atom. The number of hydrazine groups is 1. The maximum atomic E-state index is 12.5. The molecule has 2 heterocycles. The quantitative estimate of drug-likeness (QED) is 0.708. The fourth-order valence-electron chi connectivity index (χ4n) is 2.46. The summed E-state index contributed by atoms with van der Waals surface area (Å²) in [5, 5.41) is 10.7. The molecule has 1 aliphatic heterocycles. The van der Waals surface area contributed by atoms with Gasteiger partial charge < -0.3 is 15.0 Å². The molecule has 9 heteroatoms. The van der Waals surface area contributed by atoms with Crippen LogP contribution in [-0.4, -0.2) is 67.6 Å². The van der Waals surface area contributed by atoms with Gasteiger partial charge >= 0.3 is 5.97 Å². The van der Waals surface area contributed by atoms with Crippen molar-refractivity contribution < 1.29 is 18.3 Å². The number of aromatic nitrogens is 1. The summed E-state index contributed by atoms with van der Waals surface area (Å²) in [5.74, 6) is -1.17. The number of nitrogens with one attached hydrogen (secondary N) is 2. The zero-order chi connectivity index (χ0) is 15.8. The number of sulfonamides is 1. The van der Waals surface area contributed by atoms with Gasteiger partial charge in [-0.25, -0.2) is 18.2 Å². The number of nitrogens with zero attached hydrogens (tertiary/aromatic N) is 2. The highest BCUT2D eigenvalue weighted by Crippen LogP contribution is 2.23. The van der Waals surface area contributed by atoms with E-state index in [1.54, 1.807) is 11.9 Å². The summed E-state index contributed by atoms with van der Waals surface area (Å²) in [7, 11) is -1.81. The van der Waals surface area contributed by atoms with Gasteiger partial charge in [-0.2, -0.15) is 0 Å². The summed E-state index contributed by atoms with van der Waals surface area (Å²) >= 11 is 0. The molecule has 1 saturated heterocycles. The molecule has 21 heavy (non-hydrogen) atoms. The van der Waals surface area contributed by atoms with Crippen molar-refractivity contribution in [3.63, 3.8) is 0 Å². The van der Waals surface area contributed by atoms with E-state index in [1.165, 1.54) is 6.92 Å². The number of hydrogen-bond donors (Lipinski definition) is 3. The highest BCUT2D eigenvalue weighted by atomic mass is 32.2. The second-order valence-corrected chi connectivity index (χ2v) is 6.87. The number of piperazine rings is 1. The van der Waals surface area contributed by atoms with Crippen LogP contribution < -0.4 is 4.83 Å². The Morgan fingerprint density at radius 2 is 1.81 bits per heavy atom. The molecular weight excluding hydrogens is 296 g/mol. The molecule has 0 radical (unpaired) electrons. The summed E-state index contributed by atoms with van der Waals surface area (Å²) in [6.07, 6.45) is 0. The van der Waals surface area contributed by atoms with Gasteiger partial charge in [-0.05, 0) is 20.9 Å². The highest BCUT2D eigenvalue weighted by molar-refractivity contribution is 7.89. The average Bonchev–Trinajstić information content (AvgIpc) is 2.68. The third-order valence-corrected chi connectivity index (χ3v) is 5.25. The van der Waals surface area contributed by atoms with Gasteiger partial charge in [0.25, 0.3) is 10.0 Å². The van der Waals surface area contributed by atoms with Crippen LogP contribution in [0.5, 0.6) is 0 Å². The van der Waals surface area contributed by atoms with Crippen molar-refractivity contribution in [2.24, 2.45) is 0 Å². The molecule has 0 bridgehead atoms. The highest BCUT2D eigenvalue weighted by Gasteiger charge is 2.28. The first-order valence-corrected chi connectivity index (χ1v) is 8.09. The van der Waals surface area contributed by atoms with Gasteiger partial charge in [-0.15, -0.1) is 4.83 Å². The molecule has 8 nitrogen and oxygen atoms in total. The van der Waals surface area contributed by atoms with E-state index in [9.17, 15) is 13.2 Å². The minimum Gasteiger partial charge on any atom is -0.477 e. The summed E-state index contributed by atoms with van der Waals surface area (Å²) in [5.41, 5.74) is 0.458. The maximum Gasteiger partial charge on any atom is 0.352 e. The third kappa shape index (κ3) is 3.26. The van der Waals surface area contributed by atoms with Crippen LogP contribution in [0.2, 0.25) is 0 Å². The van der Waals surface area contributed by atoms with Crippen LogP contribution in [0.3, 0.4) is 0 Å². The van der Waals surface area contributed by atoms with E-state index < -0.39 is 16.0 Å². The summed E-state index contributed by atoms with van der Waals surface area (Å²) in [6, 6.07) is 0. The Bertz CT molecular complexity index is 644. The molecule has 0 amide bonds. The number of rotatable bonds is 4. The molecule has 3 N–H and O–H groups in total. The van der Waals surface area contributed by atoms with E-state index in [0.29, 0.717) is 18.8 Å². The van der Waals surface area contributed by atoms with Crippen LogP contribution in [0.4, 0.5) is 0 Å². The second kappa shape index (κ2) is 5.76. The monoisotopic (exact) mass is 316 g/mol. The Morgan fingerprint density at radius 1 is 1.24 bits per heavy atom. The van der Waals surface area contributed by atoms with Gasteiger partial charge in [-0.1, -0.05) is 0 Å². The molecule has 118 valence electrons.